The lowest BCUT2D eigenvalue weighted by Crippen LogP contribution is -2.26. The molecule has 1 fully saturated rings. The summed E-state index contributed by atoms with van der Waals surface area (Å²) in [5.41, 5.74) is 0. The molecule has 4 heteroatoms. The molecule has 0 radical (unpaired) electrons. The van der Waals surface area contributed by atoms with Gasteiger partial charge >= 0.3 is 5.97 Å². The van der Waals surface area contributed by atoms with E-state index in [2.05, 4.69) is 15.9 Å². The van der Waals surface area contributed by atoms with Gasteiger partial charge in [0, 0.05) is 12.8 Å². The first kappa shape index (κ1) is 9.71. The van der Waals surface area contributed by atoms with Crippen LogP contribution >= 0.6 is 15.9 Å². The Labute approximate surface area is 79.3 Å². The van der Waals surface area contributed by atoms with E-state index in [9.17, 15) is 9.59 Å². The highest BCUT2D eigenvalue weighted by atomic mass is 79.9. The second-order valence-corrected chi connectivity index (χ2v) is 4.28. The molecule has 0 aromatic carbocycles. The van der Waals surface area contributed by atoms with Crippen molar-refractivity contribution in [3.8, 4) is 0 Å². The lowest BCUT2D eigenvalue weighted by molar-refractivity contribution is -0.138. The van der Waals surface area contributed by atoms with Crippen molar-refractivity contribution in [2.75, 3.05) is 0 Å². The van der Waals surface area contributed by atoms with Gasteiger partial charge in [-0.15, -0.1) is 0 Å². The van der Waals surface area contributed by atoms with E-state index >= 15 is 0 Å². The number of carbonyl (C=O) groups is 2. The van der Waals surface area contributed by atoms with Crippen molar-refractivity contribution < 1.29 is 14.7 Å². The Morgan fingerprint density at radius 2 is 2.33 bits per heavy atom. The Morgan fingerprint density at radius 3 is 2.83 bits per heavy atom. The Kier molecular flexibility index (Phi) is 3.26. The number of rotatable bonds is 2. The molecule has 0 heterocycles. The second-order valence-electron chi connectivity index (χ2n) is 3.17. The predicted octanol–water partition coefficient (Wildman–Crippen LogP) is 1.59. The number of alkyl halides is 1. The van der Waals surface area contributed by atoms with Gasteiger partial charge in [0.1, 0.15) is 5.78 Å². The molecule has 2 atom stereocenters. The Morgan fingerprint density at radius 1 is 1.67 bits per heavy atom. The van der Waals surface area contributed by atoms with Crippen LogP contribution in [-0.4, -0.2) is 21.7 Å². The lowest BCUT2D eigenvalue weighted by Gasteiger charge is -2.22. The van der Waals surface area contributed by atoms with Crippen LogP contribution in [0.1, 0.15) is 25.7 Å². The van der Waals surface area contributed by atoms with Gasteiger partial charge in [0.05, 0.1) is 4.83 Å². The summed E-state index contributed by atoms with van der Waals surface area (Å²) in [6.07, 6.45) is 2.11. The first-order chi connectivity index (χ1) is 5.59. The molecular weight excluding hydrogens is 224 g/mol. The lowest BCUT2D eigenvalue weighted by atomic mass is 9.86. The highest BCUT2D eigenvalue weighted by Gasteiger charge is 2.27. The van der Waals surface area contributed by atoms with Crippen LogP contribution in [0.3, 0.4) is 0 Å². The van der Waals surface area contributed by atoms with E-state index in [1.165, 1.54) is 0 Å². The van der Waals surface area contributed by atoms with Crippen LogP contribution in [0.25, 0.3) is 0 Å². The first-order valence-electron chi connectivity index (χ1n) is 3.98. The van der Waals surface area contributed by atoms with Crippen molar-refractivity contribution in [3.05, 3.63) is 0 Å². The molecule has 3 nitrogen and oxygen atoms in total. The molecule has 1 aliphatic carbocycles. The minimum atomic E-state index is -0.769. The smallest absolute Gasteiger partial charge is 0.303 e. The number of carbonyl (C=O) groups excluding carboxylic acids is 1. The van der Waals surface area contributed by atoms with Gasteiger partial charge < -0.3 is 5.11 Å². The Hall–Kier alpha value is -0.380. The Bertz CT molecular complexity index is 202. The maximum Gasteiger partial charge on any atom is 0.303 e. The molecule has 1 aliphatic rings. The van der Waals surface area contributed by atoms with Gasteiger partial charge in [0.15, 0.2) is 0 Å². The fourth-order valence-electron chi connectivity index (χ4n) is 1.48. The molecule has 1 saturated carbocycles. The molecular formula is C8H11BrO3. The number of hydrogen-bond donors (Lipinski definition) is 1. The number of halogens is 1. The number of carboxylic acids is 1. The number of carboxylic acid groups (broad SMARTS) is 1. The summed E-state index contributed by atoms with van der Waals surface area (Å²) in [7, 11) is 0. The largest absolute Gasteiger partial charge is 0.481 e. The van der Waals surface area contributed by atoms with Crippen molar-refractivity contribution in [1.82, 2.24) is 0 Å². The van der Waals surface area contributed by atoms with Crippen LogP contribution in [0.4, 0.5) is 0 Å². The van der Waals surface area contributed by atoms with Gasteiger partial charge in [-0.3, -0.25) is 9.59 Å². The number of hydrogen-bond acceptors (Lipinski definition) is 2. The molecule has 0 aromatic heterocycles. The van der Waals surface area contributed by atoms with E-state index < -0.39 is 5.97 Å². The average Bonchev–Trinajstić information content (AvgIpc) is 1.96. The summed E-state index contributed by atoms with van der Waals surface area (Å²) >= 11 is 3.24. The predicted molar refractivity (Wildman–Crippen MR) is 47.3 cm³/mol. The number of aliphatic carboxylic acids is 1. The number of Topliss-reactive ketones (excluding diaryl/α,β-unsaturated/α-hetero) is 1. The van der Waals surface area contributed by atoms with E-state index in [1.807, 2.05) is 0 Å². The van der Waals surface area contributed by atoms with Crippen molar-refractivity contribution in [1.29, 1.82) is 0 Å². The highest BCUT2D eigenvalue weighted by molar-refractivity contribution is 9.10. The first-order valence-corrected chi connectivity index (χ1v) is 4.89. The van der Waals surface area contributed by atoms with Gasteiger partial charge in [-0.25, -0.2) is 0 Å². The summed E-state index contributed by atoms with van der Waals surface area (Å²) in [6.45, 7) is 0. The minimum Gasteiger partial charge on any atom is -0.481 e. The molecule has 0 spiro atoms. The fraction of sp³-hybridized carbons (Fsp3) is 0.750. The minimum absolute atomic E-state index is 0.115. The third kappa shape index (κ3) is 2.59. The highest BCUT2D eigenvalue weighted by Crippen LogP contribution is 2.28. The van der Waals surface area contributed by atoms with Crippen molar-refractivity contribution in [2.24, 2.45) is 5.92 Å². The van der Waals surface area contributed by atoms with Crippen molar-refractivity contribution >= 4 is 27.7 Å². The van der Waals surface area contributed by atoms with E-state index in [-0.39, 0.29) is 22.9 Å². The zero-order valence-electron chi connectivity index (χ0n) is 6.62. The SMILES string of the molecule is O=C(O)CC1CCC(=O)C(Br)C1. The molecule has 0 aliphatic heterocycles. The fourth-order valence-corrected chi connectivity index (χ4v) is 2.23. The van der Waals surface area contributed by atoms with Crippen LogP contribution in [0.2, 0.25) is 0 Å². The standard InChI is InChI=1S/C8H11BrO3/c9-6-3-5(4-8(11)12)1-2-7(6)10/h5-6H,1-4H2,(H,11,12). The van der Waals surface area contributed by atoms with Gasteiger partial charge in [0.2, 0.25) is 0 Å². The third-order valence-electron chi connectivity index (χ3n) is 2.15. The monoisotopic (exact) mass is 234 g/mol. The molecule has 0 amide bonds. The van der Waals surface area contributed by atoms with Crippen molar-refractivity contribution in [2.45, 2.75) is 30.5 Å². The third-order valence-corrected chi connectivity index (χ3v) is 3.04. The average molecular weight is 235 g/mol. The molecule has 0 bridgehead atoms. The van der Waals surface area contributed by atoms with Crippen LogP contribution in [0.5, 0.6) is 0 Å². The maximum atomic E-state index is 11.0. The van der Waals surface area contributed by atoms with Crippen molar-refractivity contribution in [3.63, 3.8) is 0 Å². The summed E-state index contributed by atoms with van der Waals surface area (Å²) in [5.74, 6) is -0.393. The summed E-state index contributed by atoms with van der Waals surface area (Å²) < 4.78 is 0. The molecule has 1 N–H and O–H groups in total. The molecule has 2 unspecified atom stereocenters. The number of ketones is 1. The molecule has 0 saturated heterocycles. The molecule has 12 heavy (non-hydrogen) atoms. The van der Waals surface area contributed by atoms with Crippen LogP contribution in [0, 0.1) is 5.92 Å². The van der Waals surface area contributed by atoms with E-state index in [0.29, 0.717) is 12.8 Å². The van der Waals surface area contributed by atoms with Crippen LogP contribution in [-0.2, 0) is 9.59 Å². The molecule has 0 aromatic rings. The van der Waals surface area contributed by atoms with Gasteiger partial charge in [-0.1, -0.05) is 15.9 Å². The van der Waals surface area contributed by atoms with E-state index in [1.54, 1.807) is 0 Å². The Balaban J connectivity index is 2.40. The van der Waals surface area contributed by atoms with Crippen LogP contribution in [0.15, 0.2) is 0 Å². The summed E-state index contributed by atoms with van der Waals surface area (Å²) in [4.78, 5) is 21.3. The summed E-state index contributed by atoms with van der Waals surface area (Å²) in [5, 5.41) is 8.52. The molecule has 68 valence electrons. The van der Waals surface area contributed by atoms with E-state index in [0.717, 1.165) is 6.42 Å². The molecule has 1 rings (SSSR count). The topological polar surface area (TPSA) is 54.4 Å². The second kappa shape index (κ2) is 4.03. The summed E-state index contributed by atoms with van der Waals surface area (Å²) in [6, 6.07) is 0. The quantitative estimate of drug-likeness (QED) is 0.739. The van der Waals surface area contributed by atoms with Gasteiger partial charge in [-0.2, -0.15) is 0 Å². The van der Waals surface area contributed by atoms with Gasteiger partial charge in [-0.05, 0) is 18.8 Å². The zero-order chi connectivity index (χ0) is 9.14. The zero-order valence-corrected chi connectivity index (χ0v) is 8.21. The normalized spacial score (nSPS) is 30.2. The van der Waals surface area contributed by atoms with Crippen LogP contribution < -0.4 is 0 Å². The maximum absolute atomic E-state index is 11.0. The van der Waals surface area contributed by atoms with Gasteiger partial charge in [0.25, 0.3) is 0 Å². The van der Waals surface area contributed by atoms with E-state index in [4.69, 9.17) is 5.11 Å².